The van der Waals surface area contributed by atoms with E-state index in [-0.39, 0.29) is 11.3 Å². The van der Waals surface area contributed by atoms with Crippen LogP contribution >= 0.6 is 0 Å². The molecule has 2 rings (SSSR count). The number of aryl methyl sites for hydroxylation is 1. The summed E-state index contributed by atoms with van der Waals surface area (Å²) in [5.74, 6) is -0.768. The molecular weight excluding hydrogens is 232 g/mol. The number of hydrogen-bond acceptors (Lipinski definition) is 4. The molecule has 0 bridgehead atoms. The largest absolute Gasteiger partial charge is 0.508 e. The summed E-state index contributed by atoms with van der Waals surface area (Å²) in [5, 5.41) is 19.9. The van der Waals surface area contributed by atoms with Crippen molar-refractivity contribution >= 4 is 5.97 Å². The lowest BCUT2D eigenvalue weighted by atomic mass is 9.85. The van der Waals surface area contributed by atoms with Gasteiger partial charge in [-0.15, -0.1) is 0 Å². The van der Waals surface area contributed by atoms with Crippen molar-refractivity contribution in [1.82, 2.24) is 0 Å². The van der Waals surface area contributed by atoms with Crippen LogP contribution in [0.25, 0.3) is 0 Å². The van der Waals surface area contributed by atoms with E-state index in [1.807, 2.05) is 6.92 Å². The van der Waals surface area contributed by atoms with Crippen LogP contribution in [-0.4, -0.2) is 23.3 Å². The molecule has 1 aromatic carbocycles. The Morgan fingerprint density at radius 1 is 1.39 bits per heavy atom. The molecule has 0 saturated heterocycles. The third kappa shape index (κ3) is 2.08. The molecule has 4 heteroatoms. The first-order chi connectivity index (χ1) is 8.56. The lowest BCUT2D eigenvalue weighted by Crippen LogP contribution is -2.17. The fourth-order valence-electron chi connectivity index (χ4n) is 2.69. The van der Waals surface area contributed by atoms with E-state index >= 15 is 0 Å². The lowest BCUT2D eigenvalue weighted by Gasteiger charge is -2.23. The third-order valence-corrected chi connectivity index (χ3v) is 3.65. The molecule has 1 aliphatic rings. The minimum atomic E-state index is -1.41. The Kier molecular flexibility index (Phi) is 3.57. The van der Waals surface area contributed by atoms with Gasteiger partial charge in [0.05, 0.1) is 7.11 Å². The summed E-state index contributed by atoms with van der Waals surface area (Å²) in [7, 11) is 1.22. The standard InChI is InChI=1S/C14H18O4/c1-8-10-6-4-3-5-9(10)7-11(15)12(8)13(16)14(17)18-2/h7,13,15-16H,3-6H2,1-2H3. The normalized spacial score (nSPS) is 15.9. The molecule has 0 amide bonds. The van der Waals surface area contributed by atoms with Crippen LogP contribution in [0.1, 0.15) is 41.2 Å². The number of benzene rings is 1. The average molecular weight is 250 g/mol. The fourth-order valence-corrected chi connectivity index (χ4v) is 2.69. The number of aliphatic hydroxyl groups is 1. The monoisotopic (exact) mass is 250 g/mol. The molecule has 0 spiro atoms. The summed E-state index contributed by atoms with van der Waals surface area (Å²) in [6.07, 6.45) is 2.68. The van der Waals surface area contributed by atoms with Crippen LogP contribution in [0, 0.1) is 6.92 Å². The number of hydrogen-bond donors (Lipinski definition) is 2. The second kappa shape index (κ2) is 4.98. The molecule has 18 heavy (non-hydrogen) atoms. The molecule has 1 atom stereocenters. The van der Waals surface area contributed by atoms with Gasteiger partial charge in [-0.05, 0) is 55.4 Å². The van der Waals surface area contributed by atoms with Crippen LogP contribution in [0.4, 0.5) is 0 Å². The molecule has 0 aromatic heterocycles. The molecule has 98 valence electrons. The predicted octanol–water partition coefficient (Wildman–Crippen LogP) is 1.79. The summed E-state index contributed by atoms with van der Waals surface area (Å²) in [4.78, 5) is 11.4. The summed E-state index contributed by atoms with van der Waals surface area (Å²) in [6, 6.07) is 1.67. The number of aliphatic hydroxyl groups excluding tert-OH is 1. The molecule has 0 fully saturated rings. The highest BCUT2D eigenvalue weighted by Gasteiger charge is 2.26. The first-order valence-electron chi connectivity index (χ1n) is 6.16. The van der Waals surface area contributed by atoms with Crippen molar-refractivity contribution in [3.05, 3.63) is 28.3 Å². The number of rotatable bonds is 2. The maximum Gasteiger partial charge on any atom is 0.339 e. The van der Waals surface area contributed by atoms with Crippen molar-refractivity contribution in [2.45, 2.75) is 38.7 Å². The Labute approximate surface area is 106 Å². The Hall–Kier alpha value is -1.55. The minimum absolute atomic E-state index is 0.0222. The van der Waals surface area contributed by atoms with Crippen molar-refractivity contribution in [2.24, 2.45) is 0 Å². The molecule has 4 nitrogen and oxygen atoms in total. The highest BCUT2D eigenvalue weighted by Crippen LogP contribution is 2.36. The van der Waals surface area contributed by atoms with E-state index in [1.54, 1.807) is 6.07 Å². The molecule has 1 aromatic rings. The van der Waals surface area contributed by atoms with Gasteiger partial charge >= 0.3 is 5.97 Å². The number of carbonyl (C=O) groups is 1. The molecule has 0 radical (unpaired) electrons. The number of esters is 1. The van der Waals surface area contributed by atoms with Crippen molar-refractivity contribution in [2.75, 3.05) is 7.11 Å². The smallest absolute Gasteiger partial charge is 0.339 e. The number of methoxy groups -OCH3 is 1. The molecular formula is C14H18O4. The van der Waals surface area contributed by atoms with Gasteiger partial charge in [0.1, 0.15) is 5.75 Å². The fraction of sp³-hybridized carbons (Fsp3) is 0.500. The Bertz CT molecular complexity index is 479. The van der Waals surface area contributed by atoms with Crippen LogP contribution in [0.3, 0.4) is 0 Å². The maximum absolute atomic E-state index is 11.4. The zero-order chi connectivity index (χ0) is 13.3. The van der Waals surface area contributed by atoms with Crippen molar-refractivity contribution in [1.29, 1.82) is 0 Å². The minimum Gasteiger partial charge on any atom is -0.508 e. The topological polar surface area (TPSA) is 66.8 Å². The first kappa shape index (κ1) is 12.9. The van der Waals surface area contributed by atoms with Crippen molar-refractivity contribution in [3.8, 4) is 5.75 Å². The molecule has 1 aliphatic carbocycles. The molecule has 0 saturated carbocycles. The van der Waals surface area contributed by atoms with Gasteiger partial charge in [-0.3, -0.25) is 0 Å². The highest BCUT2D eigenvalue weighted by atomic mass is 16.5. The van der Waals surface area contributed by atoms with Gasteiger partial charge in [0.15, 0.2) is 6.10 Å². The van der Waals surface area contributed by atoms with Gasteiger partial charge < -0.3 is 14.9 Å². The van der Waals surface area contributed by atoms with Gasteiger partial charge in [-0.1, -0.05) is 0 Å². The van der Waals surface area contributed by atoms with Gasteiger partial charge in [-0.25, -0.2) is 4.79 Å². The van der Waals surface area contributed by atoms with E-state index in [0.717, 1.165) is 42.4 Å². The van der Waals surface area contributed by atoms with Gasteiger partial charge in [0.2, 0.25) is 0 Å². The molecule has 0 aliphatic heterocycles. The van der Waals surface area contributed by atoms with E-state index in [0.29, 0.717) is 0 Å². The summed E-state index contributed by atoms with van der Waals surface area (Å²) in [6.45, 7) is 1.84. The van der Waals surface area contributed by atoms with Gasteiger partial charge in [-0.2, -0.15) is 0 Å². The van der Waals surface area contributed by atoms with Crippen LogP contribution < -0.4 is 0 Å². The molecule has 0 heterocycles. The van der Waals surface area contributed by atoms with Crippen LogP contribution in [0.15, 0.2) is 6.07 Å². The second-order valence-corrected chi connectivity index (χ2v) is 4.70. The number of fused-ring (bicyclic) bond motifs is 1. The summed E-state index contributed by atoms with van der Waals surface area (Å²) >= 11 is 0. The Balaban J connectivity index is 2.51. The van der Waals surface area contributed by atoms with E-state index in [1.165, 1.54) is 7.11 Å². The van der Waals surface area contributed by atoms with Crippen molar-refractivity contribution < 1.29 is 19.7 Å². The number of ether oxygens (including phenoxy) is 1. The zero-order valence-electron chi connectivity index (χ0n) is 10.7. The zero-order valence-corrected chi connectivity index (χ0v) is 10.7. The lowest BCUT2D eigenvalue weighted by molar-refractivity contribution is -0.150. The highest BCUT2D eigenvalue weighted by molar-refractivity contribution is 5.78. The van der Waals surface area contributed by atoms with Crippen molar-refractivity contribution in [3.63, 3.8) is 0 Å². The van der Waals surface area contributed by atoms with E-state index in [4.69, 9.17) is 0 Å². The van der Waals surface area contributed by atoms with Crippen LogP contribution in [-0.2, 0) is 22.4 Å². The third-order valence-electron chi connectivity index (χ3n) is 3.65. The number of carbonyl (C=O) groups excluding carboxylic acids is 1. The van der Waals surface area contributed by atoms with Crippen LogP contribution in [0.2, 0.25) is 0 Å². The molecule has 2 N–H and O–H groups in total. The SMILES string of the molecule is COC(=O)C(O)c1c(O)cc2c(c1C)CCCC2. The maximum atomic E-state index is 11.4. The number of phenols is 1. The van der Waals surface area contributed by atoms with E-state index < -0.39 is 12.1 Å². The molecule has 1 unspecified atom stereocenters. The Morgan fingerprint density at radius 3 is 2.72 bits per heavy atom. The first-order valence-corrected chi connectivity index (χ1v) is 6.16. The summed E-state index contributed by atoms with van der Waals surface area (Å²) in [5.41, 5.74) is 3.36. The van der Waals surface area contributed by atoms with E-state index in [9.17, 15) is 15.0 Å². The van der Waals surface area contributed by atoms with Gasteiger partial charge in [0.25, 0.3) is 0 Å². The van der Waals surface area contributed by atoms with Gasteiger partial charge in [0, 0.05) is 5.56 Å². The number of phenolic OH excluding ortho intramolecular Hbond substituents is 1. The number of aromatic hydroxyl groups is 1. The van der Waals surface area contributed by atoms with E-state index in [2.05, 4.69) is 4.74 Å². The average Bonchev–Trinajstić information content (AvgIpc) is 2.37. The predicted molar refractivity (Wildman–Crippen MR) is 66.5 cm³/mol. The summed E-state index contributed by atoms with van der Waals surface area (Å²) < 4.78 is 4.52. The second-order valence-electron chi connectivity index (χ2n) is 4.70. The Morgan fingerprint density at radius 2 is 2.06 bits per heavy atom. The van der Waals surface area contributed by atoms with Crippen LogP contribution in [0.5, 0.6) is 5.75 Å². The quantitative estimate of drug-likeness (QED) is 0.785.